The lowest BCUT2D eigenvalue weighted by molar-refractivity contribution is 0.299. The van der Waals surface area contributed by atoms with Crippen LogP contribution in [0.15, 0.2) is 34.1 Å². The average Bonchev–Trinajstić information content (AvgIpc) is 3.07. The van der Waals surface area contributed by atoms with Gasteiger partial charge >= 0.3 is 4.87 Å². The Kier molecular flexibility index (Phi) is 4.34. The maximum atomic E-state index is 12.4. The zero-order chi connectivity index (χ0) is 17.4. The molecule has 2 aromatic rings. The van der Waals surface area contributed by atoms with E-state index < -0.39 is 0 Å². The van der Waals surface area contributed by atoms with Crippen molar-refractivity contribution in [3.63, 3.8) is 0 Å². The molecule has 1 aromatic carbocycles. The van der Waals surface area contributed by atoms with Crippen LogP contribution >= 0.6 is 11.3 Å². The third-order valence-electron chi connectivity index (χ3n) is 5.21. The number of fused-ring (bicyclic) bond motifs is 1. The van der Waals surface area contributed by atoms with Crippen LogP contribution in [0.4, 0.5) is 5.69 Å². The number of aromatic hydroxyl groups is 1. The number of nitrogens with zero attached hydrogens (tertiary/aromatic N) is 2. The van der Waals surface area contributed by atoms with Gasteiger partial charge in [0.15, 0.2) is 0 Å². The second-order valence-electron chi connectivity index (χ2n) is 6.94. The second kappa shape index (κ2) is 6.64. The normalized spacial score (nSPS) is 19.2. The predicted octanol–water partition coefficient (Wildman–Crippen LogP) is 4.84. The number of aliphatic imine (C=N–C) groups is 1. The highest BCUT2D eigenvalue weighted by Crippen LogP contribution is 2.37. The molecule has 1 saturated carbocycles. The van der Waals surface area contributed by atoms with Gasteiger partial charge in [-0.05, 0) is 37.8 Å². The minimum atomic E-state index is -0.0733. The molecular formula is C20H22N2O2S. The molecule has 1 N–H and O–H groups in total. The van der Waals surface area contributed by atoms with Gasteiger partial charge in [-0.1, -0.05) is 48.8 Å². The Balaban J connectivity index is 1.67. The molecule has 2 aliphatic rings. The fraction of sp³-hybridized carbons (Fsp3) is 0.400. The molecule has 0 saturated heterocycles. The van der Waals surface area contributed by atoms with E-state index in [0.717, 1.165) is 46.7 Å². The minimum Gasteiger partial charge on any atom is -0.493 e. The van der Waals surface area contributed by atoms with Crippen LogP contribution in [0.25, 0.3) is 11.6 Å². The summed E-state index contributed by atoms with van der Waals surface area (Å²) in [7, 11) is 0. The Morgan fingerprint density at radius 1 is 1.28 bits per heavy atom. The van der Waals surface area contributed by atoms with E-state index in [0.29, 0.717) is 17.3 Å². The number of hydrogen-bond acceptors (Lipinski definition) is 4. The van der Waals surface area contributed by atoms with Gasteiger partial charge in [0.05, 0.1) is 10.6 Å². The fourth-order valence-corrected chi connectivity index (χ4v) is 4.68. The zero-order valence-corrected chi connectivity index (χ0v) is 15.2. The van der Waals surface area contributed by atoms with Crippen LogP contribution in [0.1, 0.15) is 49.5 Å². The summed E-state index contributed by atoms with van der Waals surface area (Å²) < 4.78 is 1.56. The summed E-state index contributed by atoms with van der Waals surface area (Å²) in [6.45, 7) is 2.60. The number of aromatic nitrogens is 1. The van der Waals surface area contributed by atoms with E-state index in [1.54, 1.807) is 4.57 Å². The second-order valence-corrected chi connectivity index (χ2v) is 7.94. The van der Waals surface area contributed by atoms with Crippen LogP contribution in [0.5, 0.6) is 5.88 Å². The Hall–Kier alpha value is -2.14. The summed E-state index contributed by atoms with van der Waals surface area (Å²) in [6, 6.07) is 7.96. The highest BCUT2D eigenvalue weighted by molar-refractivity contribution is 7.10. The van der Waals surface area contributed by atoms with Gasteiger partial charge in [-0.15, -0.1) is 0 Å². The molecule has 130 valence electrons. The van der Waals surface area contributed by atoms with E-state index in [9.17, 15) is 9.90 Å². The molecular weight excluding hydrogens is 332 g/mol. The van der Waals surface area contributed by atoms with E-state index in [-0.39, 0.29) is 10.8 Å². The molecule has 0 bridgehead atoms. The van der Waals surface area contributed by atoms with Gasteiger partial charge in [0.1, 0.15) is 0 Å². The van der Waals surface area contributed by atoms with E-state index in [4.69, 9.17) is 0 Å². The van der Waals surface area contributed by atoms with Crippen molar-refractivity contribution >= 4 is 34.4 Å². The van der Waals surface area contributed by atoms with Crippen molar-refractivity contribution in [3.8, 4) is 5.88 Å². The van der Waals surface area contributed by atoms with Gasteiger partial charge < -0.3 is 5.11 Å². The van der Waals surface area contributed by atoms with Gasteiger partial charge in [-0.2, -0.15) is 0 Å². The summed E-state index contributed by atoms with van der Waals surface area (Å²) in [5.74, 6) is 0.605. The first-order chi connectivity index (χ1) is 12.1. The largest absolute Gasteiger partial charge is 0.493 e. The van der Waals surface area contributed by atoms with E-state index in [1.807, 2.05) is 37.3 Å². The number of thiazole rings is 1. The SMILES string of the molecule is CC1=Nc2ccccc2C1=Cc1sc(=O)n(CC2CCCCC2)c1O. The van der Waals surface area contributed by atoms with E-state index in [2.05, 4.69) is 4.99 Å². The van der Waals surface area contributed by atoms with Gasteiger partial charge in [-0.25, -0.2) is 0 Å². The van der Waals surface area contributed by atoms with Crippen LogP contribution in [-0.4, -0.2) is 15.4 Å². The van der Waals surface area contributed by atoms with Crippen molar-refractivity contribution in [2.45, 2.75) is 45.6 Å². The fourth-order valence-electron chi connectivity index (χ4n) is 3.85. The molecule has 0 unspecified atom stereocenters. The lowest BCUT2D eigenvalue weighted by Gasteiger charge is -2.21. The van der Waals surface area contributed by atoms with Gasteiger partial charge in [0.25, 0.3) is 0 Å². The molecule has 4 rings (SSSR count). The summed E-state index contributed by atoms with van der Waals surface area (Å²) >= 11 is 1.12. The molecule has 2 heterocycles. The topological polar surface area (TPSA) is 54.6 Å². The molecule has 0 radical (unpaired) electrons. The van der Waals surface area contributed by atoms with Crippen LogP contribution in [0.3, 0.4) is 0 Å². The highest BCUT2D eigenvalue weighted by Gasteiger charge is 2.22. The van der Waals surface area contributed by atoms with Crippen LogP contribution in [0.2, 0.25) is 0 Å². The first-order valence-corrected chi connectivity index (χ1v) is 9.74. The Bertz CT molecular complexity index is 914. The maximum Gasteiger partial charge on any atom is 0.310 e. The summed E-state index contributed by atoms with van der Waals surface area (Å²) in [6.07, 6.45) is 7.95. The van der Waals surface area contributed by atoms with Crippen molar-refractivity contribution in [3.05, 3.63) is 44.4 Å². The molecule has 0 atom stereocenters. The molecule has 4 nitrogen and oxygen atoms in total. The molecule has 1 fully saturated rings. The Morgan fingerprint density at radius 3 is 2.84 bits per heavy atom. The third kappa shape index (κ3) is 3.09. The highest BCUT2D eigenvalue weighted by atomic mass is 32.1. The maximum absolute atomic E-state index is 12.4. The molecule has 0 spiro atoms. The van der Waals surface area contributed by atoms with Gasteiger partial charge in [-0.3, -0.25) is 14.4 Å². The third-order valence-corrected chi connectivity index (χ3v) is 6.12. The lowest BCUT2D eigenvalue weighted by atomic mass is 9.89. The van der Waals surface area contributed by atoms with E-state index in [1.165, 1.54) is 19.3 Å². The first kappa shape index (κ1) is 16.3. The number of allylic oxidation sites excluding steroid dienone is 1. The quantitative estimate of drug-likeness (QED) is 0.857. The van der Waals surface area contributed by atoms with Crippen LogP contribution in [-0.2, 0) is 6.54 Å². The number of benzene rings is 1. The molecule has 1 aliphatic carbocycles. The smallest absolute Gasteiger partial charge is 0.310 e. The zero-order valence-electron chi connectivity index (χ0n) is 14.4. The summed E-state index contributed by atoms with van der Waals surface area (Å²) in [5.41, 5.74) is 3.90. The molecule has 1 aromatic heterocycles. The van der Waals surface area contributed by atoms with E-state index >= 15 is 0 Å². The number of para-hydroxylation sites is 1. The lowest BCUT2D eigenvalue weighted by Crippen LogP contribution is -2.20. The standard InChI is InChI=1S/C20H22N2O2S/c1-13-16(15-9-5-6-10-17(15)21-13)11-18-19(23)22(20(24)25-18)12-14-7-3-2-4-8-14/h5-6,9-11,14,23H,2-4,7-8,12H2,1H3. The monoisotopic (exact) mass is 354 g/mol. The minimum absolute atomic E-state index is 0.0733. The average molecular weight is 354 g/mol. The molecule has 25 heavy (non-hydrogen) atoms. The van der Waals surface area contributed by atoms with Crippen molar-refractivity contribution in [2.24, 2.45) is 10.9 Å². The summed E-state index contributed by atoms with van der Waals surface area (Å²) in [5, 5.41) is 10.6. The molecule has 1 aliphatic heterocycles. The number of hydrogen-bond donors (Lipinski definition) is 1. The van der Waals surface area contributed by atoms with Gasteiger partial charge in [0, 0.05) is 23.4 Å². The predicted molar refractivity (Wildman–Crippen MR) is 104 cm³/mol. The number of rotatable bonds is 3. The van der Waals surface area contributed by atoms with Crippen molar-refractivity contribution in [1.29, 1.82) is 0 Å². The van der Waals surface area contributed by atoms with Crippen LogP contribution in [0, 0.1) is 5.92 Å². The molecule has 0 amide bonds. The molecule has 5 heteroatoms. The van der Waals surface area contributed by atoms with Crippen molar-refractivity contribution < 1.29 is 5.11 Å². The van der Waals surface area contributed by atoms with Gasteiger partial charge in [0.2, 0.25) is 5.88 Å². The van der Waals surface area contributed by atoms with Crippen molar-refractivity contribution in [2.75, 3.05) is 0 Å². The summed E-state index contributed by atoms with van der Waals surface area (Å²) in [4.78, 5) is 17.5. The first-order valence-electron chi connectivity index (χ1n) is 8.93. The Morgan fingerprint density at radius 2 is 2.04 bits per heavy atom. The van der Waals surface area contributed by atoms with Crippen LogP contribution < -0.4 is 4.87 Å². The Labute approximate surface area is 151 Å². The van der Waals surface area contributed by atoms with Crippen molar-refractivity contribution in [1.82, 2.24) is 4.57 Å².